The molecule has 0 radical (unpaired) electrons. The van der Waals surface area contributed by atoms with Crippen LogP contribution >= 0.6 is 0 Å². The first-order valence-electron chi connectivity index (χ1n) is 5.79. The summed E-state index contributed by atoms with van der Waals surface area (Å²) < 4.78 is 0. The Morgan fingerprint density at radius 3 is 1.69 bits per heavy atom. The molecule has 0 rings (SSSR count). The summed E-state index contributed by atoms with van der Waals surface area (Å²) in [6.07, 6.45) is 5.35. The highest BCUT2D eigenvalue weighted by Gasteiger charge is 2.24. The normalized spacial score (nSPS) is 12.0. The molecule has 0 heterocycles. The summed E-state index contributed by atoms with van der Waals surface area (Å²) in [7, 11) is -1.04. The molecule has 1 N–H and O–H groups in total. The van der Waals surface area contributed by atoms with Gasteiger partial charge in [0.1, 0.15) is 0 Å². The molecule has 0 bridgehead atoms. The van der Waals surface area contributed by atoms with Crippen molar-refractivity contribution in [2.45, 2.75) is 64.2 Å². The first-order chi connectivity index (χ1) is 6.18. The van der Waals surface area contributed by atoms with E-state index in [1.807, 2.05) is 0 Å². The van der Waals surface area contributed by atoms with Crippen molar-refractivity contribution in [3.8, 4) is 0 Å². The Hall–Kier alpha value is 0.177. The third-order valence-electron chi connectivity index (χ3n) is 2.98. The van der Waals surface area contributed by atoms with E-state index in [0.717, 1.165) is 6.04 Å². The van der Waals surface area contributed by atoms with Crippen molar-refractivity contribution in [1.82, 2.24) is 0 Å². The SMILES string of the molecule is CCCC[Si](C)(CCO)CCCC. The smallest absolute Gasteiger partial charge is 0.0527 e. The van der Waals surface area contributed by atoms with Crippen LogP contribution in [0.4, 0.5) is 0 Å². The lowest BCUT2D eigenvalue weighted by atomic mass is 10.4. The summed E-state index contributed by atoms with van der Waals surface area (Å²) in [5, 5.41) is 9.04. The molecule has 1 nitrogen and oxygen atoms in total. The van der Waals surface area contributed by atoms with Crippen LogP contribution in [-0.2, 0) is 0 Å². The fourth-order valence-electron chi connectivity index (χ4n) is 1.85. The largest absolute Gasteiger partial charge is 0.397 e. The molecule has 2 heteroatoms. The van der Waals surface area contributed by atoms with Crippen molar-refractivity contribution in [3.63, 3.8) is 0 Å². The van der Waals surface area contributed by atoms with Gasteiger partial charge in [0.05, 0.1) is 8.07 Å². The minimum atomic E-state index is -1.04. The fraction of sp³-hybridized carbons (Fsp3) is 1.00. The summed E-state index contributed by atoms with van der Waals surface area (Å²) in [5.74, 6) is 0. The number of hydrogen-bond donors (Lipinski definition) is 1. The number of hydrogen-bond acceptors (Lipinski definition) is 1. The van der Waals surface area contributed by atoms with E-state index in [2.05, 4.69) is 20.4 Å². The van der Waals surface area contributed by atoms with Crippen LogP contribution in [0.3, 0.4) is 0 Å². The van der Waals surface area contributed by atoms with E-state index < -0.39 is 8.07 Å². The van der Waals surface area contributed by atoms with Crippen molar-refractivity contribution < 1.29 is 5.11 Å². The van der Waals surface area contributed by atoms with E-state index in [-0.39, 0.29) is 0 Å². The lowest BCUT2D eigenvalue weighted by Crippen LogP contribution is -2.30. The van der Waals surface area contributed by atoms with Crippen LogP contribution in [0.15, 0.2) is 0 Å². The Kier molecular flexibility index (Phi) is 7.67. The van der Waals surface area contributed by atoms with Crippen LogP contribution in [-0.4, -0.2) is 19.8 Å². The van der Waals surface area contributed by atoms with Gasteiger partial charge in [0.2, 0.25) is 0 Å². The quantitative estimate of drug-likeness (QED) is 0.596. The van der Waals surface area contributed by atoms with Crippen molar-refractivity contribution in [3.05, 3.63) is 0 Å². The third kappa shape index (κ3) is 6.27. The number of rotatable bonds is 8. The highest BCUT2D eigenvalue weighted by atomic mass is 28.3. The second-order valence-corrected chi connectivity index (χ2v) is 9.61. The van der Waals surface area contributed by atoms with Gasteiger partial charge in [-0.05, 0) is 6.04 Å². The predicted octanol–water partition coefficient (Wildman–Crippen LogP) is 3.66. The second kappa shape index (κ2) is 7.57. The number of aliphatic hydroxyl groups excluding tert-OH is 1. The third-order valence-corrected chi connectivity index (χ3v) is 7.54. The summed E-state index contributed by atoms with van der Waals surface area (Å²) in [6.45, 7) is 7.39. The Balaban J connectivity index is 3.84. The van der Waals surface area contributed by atoms with Gasteiger partial charge in [-0.15, -0.1) is 0 Å². The maximum Gasteiger partial charge on any atom is 0.0527 e. The molecule has 0 unspecified atom stereocenters. The van der Waals surface area contributed by atoms with Gasteiger partial charge >= 0.3 is 0 Å². The van der Waals surface area contributed by atoms with Crippen molar-refractivity contribution in [2.75, 3.05) is 6.61 Å². The average Bonchev–Trinajstić information content (AvgIpc) is 2.12. The predicted molar refractivity (Wildman–Crippen MR) is 62.9 cm³/mol. The Labute approximate surface area is 84.6 Å². The maximum absolute atomic E-state index is 9.04. The topological polar surface area (TPSA) is 20.2 Å². The molecule has 13 heavy (non-hydrogen) atoms. The Bertz CT molecular complexity index is 107. The number of unbranched alkanes of at least 4 members (excludes halogenated alkanes) is 2. The molecular formula is C11H26OSi. The van der Waals surface area contributed by atoms with Gasteiger partial charge in [-0.1, -0.05) is 58.2 Å². The minimum Gasteiger partial charge on any atom is -0.397 e. The van der Waals surface area contributed by atoms with Crippen LogP contribution in [0.25, 0.3) is 0 Å². The molecule has 0 aliphatic heterocycles. The minimum absolute atomic E-state index is 0.413. The van der Waals surface area contributed by atoms with Crippen LogP contribution in [0.2, 0.25) is 24.7 Å². The lowest BCUT2D eigenvalue weighted by Gasteiger charge is -2.26. The molecule has 0 saturated carbocycles. The van der Waals surface area contributed by atoms with E-state index in [9.17, 15) is 0 Å². The van der Waals surface area contributed by atoms with Crippen LogP contribution in [0.5, 0.6) is 0 Å². The van der Waals surface area contributed by atoms with Crippen molar-refractivity contribution >= 4 is 8.07 Å². The summed E-state index contributed by atoms with van der Waals surface area (Å²) >= 11 is 0. The number of aliphatic hydroxyl groups is 1. The van der Waals surface area contributed by atoms with Gasteiger partial charge in [-0.25, -0.2) is 0 Å². The molecule has 0 spiro atoms. The summed E-state index contributed by atoms with van der Waals surface area (Å²) in [5.41, 5.74) is 0. The zero-order valence-electron chi connectivity index (χ0n) is 9.60. The monoisotopic (exact) mass is 202 g/mol. The zero-order chi connectivity index (χ0) is 10.2. The van der Waals surface area contributed by atoms with E-state index in [4.69, 9.17) is 5.11 Å². The van der Waals surface area contributed by atoms with E-state index in [1.54, 1.807) is 0 Å². The highest BCUT2D eigenvalue weighted by molar-refractivity contribution is 6.78. The summed E-state index contributed by atoms with van der Waals surface area (Å²) in [4.78, 5) is 0. The zero-order valence-corrected chi connectivity index (χ0v) is 10.6. The Morgan fingerprint density at radius 2 is 1.38 bits per heavy atom. The molecule has 0 aromatic rings. The van der Waals surface area contributed by atoms with Gasteiger partial charge in [0, 0.05) is 6.61 Å². The Morgan fingerprint density at radius 1 is 0.923 bits per heavy atom. The summed E-state index contributed by atoms with van der Waals surface area (Å²) in [6, 6.07) is 3.96. The highest BCUT2D eigenvalue weighted by Crippen LogP contribution is 2.25. The molecule has 0 fully saturated rings. The average molecular weight is 202 g/mol. The lowest BCUT2D eigenvalue weighted by molar-refractivity contribution is 0.316. The van der Waals surface area contributed by atoms with Crippen LogP contribution < -0.4 is 0 Å². The van der Waals surface area contributed by atoms with E-state index in [0.29, 0.717) is 6.61 Å². The second-order valence-electron chi connectivity index (χ2n) is 4.49. The van der Waals surface area contributed by atoms with E-state index in [1.165, 1.54) is 37.8 Å². The first kappa shape index (κ1) is 13.2. The molecule has 0 atom stereocenters. The molecule has 80 valence electrons. The molecule has 0 amide bonds. The molecule has 0 aromatic heterocycles. The molecule has 0 aliphatic rings. The van der Waals surface area contributed by atoms with Gasteiger partial charge in [0.25, 0.3) is 0 Å². The molecule has 0 aliphatic carbocycles. The van der Waals surface area contributed by atoms with Gasteiger partial charge in [-0.3, -0.25) is 0 Å². The molecule has 0 aromatic carbocycles. The standard InChI is InChI=1S/C11H26OSi/c1-4-6-9-13(3,11-8-12)10-7-5-2/h12H,4-11H2,1-3H3. The van der Waals surface area contributed by atoms with Crippen LogP contribution in [0.1, 0.15) is 39.5 Å². The van der Waals surface area contributed by atoms with Crippen molar-refractivity contribution in [2.24, 2.45) is 0 Å². The van der Waals surface area contributed by atoms with Crippen molar-refractivity contribution in [1.29, 1.82) is 0 Å². The first-order valence-corrected chi connectivity index (χ1v) is 8.91. The van der Waals surface area contributed by atoms with Gasteiger partial charge in [0.15, 0.2) is 0 Å². The van der Waals surface area contributed by atoms with E-state index >= 15 is 0 Å². The van der Waals surface area contributed by atoms with Crippen LogP contribution in [0, 0.1) is 0 Å². The molecular weight excluding hydrogens is 176 g/mol. The molecule has 0 saturated heterocycles. The fourth-order valence-corrected chi connectivity index (χ4v) is 5.56. The van der Waals surface area contributed by atoms with Gasteiger partial charge < -0.3 is 5.11 Å². The van der Waals surface area contributed by atoms with Gasteiger partial charge in [-0.2, -0.15) is 0 Å². The maximum atomic E-state index is 9.04.